The number of carbonyl (C=O) groups is 1. The second-order valence-corrected chi connectivity index (χ2v) is 6.98. The van der Waals surface area contributed by atoms with Crippen LogP contribution in [-0.2, 0) is 4.79 Å². The van der Waals surface area contributed by atoms with E-state index in [1.165, 1.54) is 11.8 Å². The lowest BCUT2D eigenvalue weighted by molar-refractivity contribution is -0.131. The number of carbonyl (C=O) groups excluding carboxylic acids is 1. The molecule has 0 amide bonds. The highest BCUT2D eigenvalue weighted by molar-refractivity contribution is 9.10. The first-order chi connectivity index (χ1) is 9.54. The van der Waals surface area contributed by atoms with Gasteiger partial charge in [0, 0.05) is 13.8 Å². The van der Waals surface area contributed by atoms with Crippen molar-refractivity contribution in [1.82, 2.24) is 0 Å². The zero-order chi connectivity index (χ0) is 14.5. The van der Waals surface area contributed by atoms with Gasteiger partial charge in [0.15, 0.2) is 0 Å². The molecule has 0 aliphatic carbocycles. The van der Waals surface area contributed by atoms with Gasteiger partial charge in [-0.15, -0.1) is 11.8 Å². The summed E-state index contributed by atoms with van der Waals surface area (Å²) in [4.78, 5) is 12.9. The standard InChI is InChI=1S/C15H12Br2O2S/c1-10-2-3-12(17)8-14(10)20-9-15(18)19-13-6-4-11(16)5-7-13/h2-8H,9H2,1H3. The zero-order valence-electron chi connectivity index (χ0n) is 10.7. The molecule has 0 saturated heterocycles. The summed E-state index contributed by atoms with van der Waals surface area (Å²) < 4.78 is 7.23. The van der Waals surface area contributed by atoms with Crippen LogP contribution in [0.5, 0.6) is 5.75 Å². The molecule has 5 heteroatoms. The molecule has 2 aromatic rings. The van der Waals surface area contributed by atoms with Crippen LogP contribution in [0.2, 0.25) is 0 Å². The molecule has 0 atom stereocenters. The molecule has 0 saturated carbocycles. The first-order valence-electron chi connectivity index (χ1n) is 5.90. The number of halogens is 2. The Morgan fingerprint density at radius 1 is 1.10 bits per heavy atom. The van der Waals surface area contributed by atoms with Crippen molar-refractivity contribution in [1.29, 1.82) is 0 Å². The van der Waals surface area contributed by atoms with Gasteiger partial charge in [-0.3, -0.25) is 4.79 Å². The molecule has 0 spiro atoms. The largest absolute Gasteiger partial charge is 0.426 e. The van der Waals surface area contributed by atoms with Crippen molar-refractivity contribution in [3.8, 4) is 5.75 Å². The van der Waals surface area contributed by atoms with E-state index in [4.69, 9.17) is 4.74 Å². The second kappa shape index (κ2) is 7.29. The van der Waals surface area contributed by atoms with Crippen molar-refractivity contribution in [2.24, 2.45) is 0 Å². The number of rotatable bonds is 4. The fourth-order valence-corrected chi connectivity index (χ4v) is 3.14. The average Bonchev–Trinajstić information content (AvgIpc) is 2.42. The van der Waals surface area contributed by atoms with E-state index in [0.717, 1.165) is 19.4 Å². The lowest BCUT2D eigenvalue weighted by Crippen LogP contribution is -2.10. The molecule has 0 fully saturated rings. The molecule has 2 nitrogen and oxygen atoms in total. The Balaban J connectivity index is 1.92. The Morgan fingerprint density at radius 2 is 1.75 bits per heavy atom. The third-order valence-electron chi connectivity index (χ3n) is 2.54. The van der Waals surface area contributed by atoms with Crippen LogP contribution in [0.15, 0.2) is 56.3 Å². The number of hydrogen-bond donors (Lipinski definition) is 0. The predicted octanol–water partition coefficient (Wildman–Crippen LogP) is 5.22. The highest BCUT2D eigenvalue weighted by atomic mass is 79.9. The normalized spacial score (nSPS) is 10.3. The van der Waals surface area contributed by atoms with Crippen molar-refractivity contribution < 1.29 is 9.53 Å². The molecule has 0 unspecified atom stereocenters. The molecule has 0 aliphatic rings. The molecule has 0 heterocycles. The first-order valence-corrected chi connectivity index (χ1v) is 8.47. The van der Waals surface area contributed by atoms with Crippen LogP contribution in [0.3, 0.4) is 0 Å². The Morgan fingerprint density at radius 3 is 2.45 bits per heavy atom. The monoisotopic (exact) mass is 414 g/mol. The van der Waals surface area contributed by atoms with E-state index in [-0.39, 0.29) is 11.7 Å². The summed E-state index contributed by atoms with van der Waals surface area (Å²) in [6, 6.07) is 13.2. The number of benzene rings is 2. The minimum Gasteiger partial charge on any atom is -0.426 e. The highest BCUT2D eigenvalue weighted by Gasteiger charge is 2.08. The third kappa shape index (κ3) is 4.65. The summed E-state index contributed by atoms with van der Waals surface area (Å²) in [5.74, 6) is 0.592. The average molecular weight is 416 g/mol. The fraction of sp³-hybridized carbons (Fsp3) is 0.133. The maximum absolute atomic E-state index is 11.8. The van der Waals surface area contributed by atoms with Gasteiger partial charge in [0.25, 0.3) is 0 Å². The zero-order valence-corrected chi connectivity index (χ0v) is 14.7. The summed E-state index contributed by atoms with van der Waals surface area (Å²) in [5.41, 5.74) is 1.15. The number of thioether (sulfide) groups is 1. The summed E-state index contributed by atoms with van der Waals surface area (Å²) in [7, 11) is 0. The molecule has 0 N–H and O–H groups in total. The molecule has 0 aliphatic heterocycles. The minimum atomic E-state index is -0.253. The van der Waals surface area contributed by atoms with Crippen LogP contribution in [-0.4, -0.2) is 11.7 Å². The molecule has 2 rings (SSSR count). The van der Waals surface area contributed by atoms with Crippen molar-refractivity contribution in [2.45, 2.75) is 11.8 Å². The lowest BCUT2D eigenvalue weighted by Gasteiger charge is -2.07. The van der Waals surface area contributed by atoms with Gasteiger partial charge < -0.3 is 4.74 Å². The number of aryl methyl sites for hydroxylation is 1. The molecule has 104 valence electrons. The van der Waals surface area contributed by atoms with E-state index in [2.05, 4.69) is 31.9 Å². The van der Waals surface area contributed by atoms with Gasteiger partial charge in [-0.05, 0) is 48.9 Å². The highest BCUT2D eigenvalue weighted by Crippen LogP contribution is 2.26. The van der Waals surface area contributed by atoms with Crippen molar-refractivity contribution in [3.63, 3.8) is 0 Å². The molecule has 0 bridgehead atoms. The fourth-order valence-electron chi connectivity index (χ4n) is 1.53. The van der Waals surface area contributed by atoms with Crippen LogP contribution in [0, 0.1) is 6.92 Å². The predicted molar refractivity (Wildman–Crippen MR) is 89.4 cm³/mol. The van der Waals surface area contributed by atoms with E-state index in [9.17, 15) is 4.79 Å². The van der Waals surface area contributed by atoms with E-state index in [1.54, 1.807) is 12.1 Å². The lowest BCUT2D eigenvalue weighted by atomic mass is 10.2. The third-order valence-corrected chi connectivity index (χ3v) is 4.69. The van der Waals surface area contributed by atoms with Crippen LogP contribution in [0.4, 0.5) is 0 Å². The van der Waals surface area contributed by atoms with Crippen LogP contribution in [0.1, 0.15) is 5.56 Å². The SMILES string of the molecule is Cc1ccc(Br)cc1SCC(=O)Oc1ccc(Br)cc1. The Labute approximate surface area is 139 Å². The van der Waals surface area contributed by atoms with Crippen molar-refractivity contribution >= 4 is 49.6 Å². The van der Waals surface area contributed by atoms with E-state index < -0.39 is 0 Å². The second-order valence-electron chi connectivity index (χ2n) is 4.13. The van der Waals surface area contributed by atoms with Gasteiger partial charge in [0.05, 0.1) is 5.75 Å². The molecule has 0 radical (unpaired) electrons. The van der Waals surface area contributed by atoms with Crippen LogP contribution in [0.25, 0.3) is 0 Å². The quantitative estimate of drug-likeness (QED) is 0.389. The van der Waals surface area contributed by atoms with Gasteiger partial charge in [0.2, 0.25) is 0 Å². The Bertz CT molecular complexity index is 612. The number of ether oxygens (including phenoxy) is 1. The maximum Gasteiger partial charge on any atom is 0.321 e. The molecule has 2 aromatic carbocycles. The Kier molecular flexibility index (Phi) is 5.69. The minimum absolute atomic E-state index is 0.253. The topological polar surface area (TPSA) is 26.3 Å². The number of hydrogen-bond acceptors (Lipinski definition) is 3. The molecule has 0 aromatic heterocycles. The van der Waals surface area contributed by atoms with Crippen molar-refractivity contribution in [2.75, 3.05) is 5.75 Å². The molecule has 20 heavy (non-hydrogen) atoms. The van der Waals surface area contributed by atoms with Crippen LogP contribution >= 0.6 is 43.6 Å². The summed E-state index contributed by atoms with van der Waals surface area (Å²) >= 11 is 8.25. The van der Waals surface area contributed by atoms with E-state index in [1.807, 2.05) is 37.3 Å². The van der Waals surface area contributed by atoms with E-state index in [0.29, 0.717) is 5.75 Å². The molecular weight excluding hydrogens is 404 g/mol. The summed E-state index contributed by atoms with van der Waals surface area (Å²) in [5, 5.41) is 0. The van der Waals surface area contributed by atoms with E-state index >= 15 is 0 Å². The van der Waals surface area contributed by atoms with Gasteiger partial charge in [-0.2, -0.15) is 0 Å². The van der Waals surface area contributed by atoms with Gasteiger partial charge in [-0.25, -0.2) is 0 Å². The van der Waals surface area contributed by atoms with Gasteiger partial charge in [-0.1, -0.05) is 37.9 Å². The maximum atomic E-state index is 11.8. The van der Waals surface area contributed by atoms with Crippen molar-refractivity contribution in [3.05, 3.63) is 57.0 Å². The first kappa shape index (κ1) is 15.6. The Hall–Kier alpha value is -0.780. The number of esters is 1. The molecular formula is C15H12Br2O2S. The van der Waals surface area contributed by atoms with Gasteiger partial charge in [0.1, 0.15) is 5.75 Å². The van der Waals surface area contributed by atoms with Crippen LogP contribution < -0.4 is 4.74 Å². The summed E-state index contributed by atoms with van der Waals surface area (Å²) in [6.07, 6.45) is 0. The smallest absolute Gasteiger partial charge is 0.321 e. The van der Waals surface area contributed by atoms with Gasteiger partial charge >= 0.3 is 5.97 Å². The summed E-state index contributed by atoms with van der Waals surface area (Å²) in [6.45, 7) is 2.02.